The maximum Gasteiger partial charge on any atom is 0.333 e. The first-order chi connectivity index (χ1) is 21.4. The van der Waals surface area contributed by atoms with Crippen molar-refractivity contribution in [2.24, 2.45) is 14.1 Å². The molecule has 44 heavy (non-hydrogen) atoms. The summed E-state index contributed by atoms with van der Waals surface area (Å²) in [7, 11) is 3.62. The Balaban J connectivity index is 0.000000175. The molecule has 2 heterocycles. The molecule has 0 unspecified atom stereocenters. The summed E-state index contributed by atoms with van der Waals surface area (Å²) in [6.45, 7) is 3.96. The fourth-order valence-electron chi connectivity index (χ4n) is 5.04. The molecule has 0 amide bonds. The van der Waals surface area contributed by atoms with Gasteiger partial charge in [-0.05, 0) is 60.1 Å². The van der Waals surface area contributed by atoms with Crippen LogP contribution in [0.4, 0.5) is 0 Å². The van der Waals surface area contributed by atoms with Gasteiger partial charge < -0.3 is 0 Å². The van der Waals surface area contributed by atoms with Crippen molar-refractivity contribution in [2.75, 3.05) is 0 Å². The van der Waals surface area contributed by atoms with Crippen LogP contribution < -0.4 is 11.4 Å². The second-order valence-electron chi connectivity index (χ2n) is 10.4. The van der Waals surface area contributed by atoms with Gasteiger partial charge in [0, 0.05) is 37.0 Å². The van der Waals surface area contributed by atoms with Crippen LogP contribution >= 0.6 is 23.5 Å². The third-order valence-electron chi connectivity index (χ3n) is 7.32. The van der Waals surface area contributed by atoms with Gasteiger partial charge >= 0.3 is 11.4 Å². The van der Waals surface area contributed by atoms with Crippen molar-refractivity contribution in [3.63, 3.8) is 0 Å². The Hall–Kier alpha value is -4.40. The summed E-state index contributed by atoms with van der Waals surface area (Å²) in [5, 5.41) is 4.11. The summed E-state index contributed by atoms with van der Waals surface area (Å²) in [5.41, 5.74) is 8.24. The highest BCUT2D eigenvalue weighted by atomic mass is 32.2. The van der Waals surface area contributed by atoms with Crippen LogP contribution in [0.3, 0.4) is 0 Å². The Bertz CT molecular complexity index is 1900. The van der Waals surface area contributed by atoms with Crippen LogP contribution in [-0.4, -0.2) is 18.3 Å². The number of nitrogens with zero attached hydrogens (tertiary/aromatic N) is 4. The highest BCUT2D eigenvalue weighted by Gasteiger charge is 2.12. The van der Waals surface area contributed by atoms with E-state index >= 15 is 0 Å². The van der Waals surface area contributed by atoms with Crippen molar-refractivity contribution in [3.05, 3.63) is 152 Å². The Labute approximate surface area is 266 Å². The number of benzene rings is 4. The Morgan fingerprint density at radius 1 is 0.523 bits per heavy atom. The third kappa shape index (κ3) is 6.87. The summed E-state index contributed by atoms with van der Waals surface area (Å²) in [5.74, 6) is 1.80. The topological polar surface area (TPSA) is 53.9 Å². The molecule has 0 aliphatic heterocycles. The molecule has 6 rings (SSSR count). The van der Waals surface area contributed by atoms with Gasteiger partial charge in [-0.2, -0.15) is 0 Å². The molecule has 8 heteroatoms. The lowest BCUT2D eigenvalue weighted by atomic mass is 10.2. The summed E-state index contributed by atoms with van der Waals surface area (Å²) < 4.78 is 6.92. The van der Waals surface area contributed by atoms with E-state index in [-0.39, 0.29) is 11.4 Å². The molecule has 2 aromatic heterocycles. The molecular weight excluding hydrogens is 585 g/mol. The zero-order valence-electron chi connectivity index (χ0n) is 25.4. The zero-order chi connectivity index (χ0) is 31.1. The molecule has 0 aliphatic carbocycles. The number of rotatable bonds is 8. The van der Waals surface area contributed by atoms with Gasteiger partial charge in [0.2, 0.25) is 0 Å². The van der Waals surface area contributed by atoms with Crippen molar-refractivity contribution in [3.8, 4) is 0 Å². The third-order valence-corrected chi connectivity index (χ3v) is 9.34. The number of fused-ring (bicyclic) bond motifs is 2. The molecule has 0 saturated carbocycles. The molecule has 0 bridgehead atoms. The Morgan fingerprint density at radius 3 is 1.20 bits per heavy atom. The molecule has 0 N–H and O–H groups in total. The first-order valence-corrected chi connectivity index (χ1v) is 16.4. The van der Waals surface area contributed by atoms with Crippen LogP contribution in [0, 0.1) is 0 Å². The molecule has 0 radical (unpaired) electrons. The quantitative estimate of drug-likeness (QED) is 0.172. The van der Waals surface area contributed by atoms with Crippen molar-refractivity contribution in [1.82, 2.24) is 18.3 Å². The van der Waals surface area contributed by atoms with Crippen LogP contribution in [-0.2, 0) is 25.6 Å². The van der Waals surface area contributed by atoms with Crippen LogP contribution in [0.2, 0.25) is 0 Å². The van der Waals surface area contributed by atoms with E-state index in [0.717, 1.165) is 45.0 Å². The largest absolute Gasteiger partial charge is 0.333 e. The van der Waals surface area contributed by atoms with Gasteiger partial charge in [0.05, 0.1) is 22.1 Å². The first-order valence-electron chi connectivity index (χ1n) is 14.3. The van der Waals surface area contributed by atoms with Crippen molar-refractivity contribution >= 4 is 57.0 Å². The number of hydrogen-bond donors (Lipinski definition) is 0. The lowest BCUT2D eigenvalue weighted by Gasteiger charge is -2.03. The average Bonchev–Trinajstić information content (AvgIpc) is 3.46. The average molecular weight is 621 g/mol. The highest BCUT2D eigenvalue weighted by Crippen LogP contribution is 2.22. The standard InChI is InChI=1S/2C18H18N2OS/c2*1-14(12-22-13-15-8-4-3-5-9-15)20-17-11-7-6-10-16(17)19(2)18(20)21/h2*3-12H,13H2,1-2H3. The van der Waals surface area contributed by atoms with E-state index in [2.05, 4.69) is 35.1 Å². The molecule has 0 atom stereocenters. The van der Waals surface area contributed by atoms with Crippen LogP contribution in [0.15, 0.2) is 130 Å². The monoisotopic (exact) mass is 620 g/mol. The highest BCUT2D eigenvalue weighted by molar-refractivity contribution is 8.01. The summed E-state index contributed by atoms with van der Waals surface area (Å²) >= 11 is 3.41. The maximum absolute atomic E-state index is 12.4. The van der Waals surface area contributed by atoms with Gasteiger partial charge in [-0.3, -0.25) is 18.3 Å². The lowest BCUT2D eigenvalue weighted by molar-refractivity contribution is 0.852. The second-order valence-corrected chi connectivity index (χ2v) is 12.2. The molecule has 0 aliphatic rings. The molecule has 0 spiro atoms. The van der Waals surface area contributed by atoms with Crippen LogP contribution in [0.1, 0.15) is 25.0 Å². The van der Waals surface area contributed by atoms with Crippen LogP contribution in [0.5, 0.6) is 0 Å². The normalized spacial score (nSPS) is 12.0. The number of allylic oxidation sites excluding steroid dienone is 2. The van der Waals surface area contributed by atoms with Gasteiger partial charge in [-0.1, -0.05) is 84.9 Å². The Kier molecular flexibility index (Phi) is 10.1. The number of para-hydroxylation sites is 4. The molecule has 4 aromatic carbocycles. The summed E-state index contributed by atoms with van der Waals surface area (Å²) in [6.07, 6.45) is 0. The van der Waals surface area contributed by atoms with E-state index in [1.807, 2.05) is 113 Å². The van der Waals surface area contributed by atoms with E-state index in [1.54, 1.807) is 41.8 Å². The van der Waals surface area contributed by atoms with E-state index in [9.17, 15) is 9.59 Å². The van der Waals surface area contributed by atoms with Gasteiger partial charge in [-0.15, -0.1) is 23.5 Å². The molecule has 0 saturated heterocycles. The zero-order valence-corrected chi connectivity index (χ0v) is 27.0. The van der Waals surface area contributed by atoms with Gasteiger partial charge in [0.25, 0.3) is 0 Å². The predicted molar refractivity (Wildman–Crippen MR) is 190 cm³/mol. The molecular formula is C36H36N4O2S2. The van der Waals surface area contributed by atoms with Gasteiger partial charge in [0.15, 0.2) is 0 Å². The molecule has 224 valence electrons. The van der Waals surface area contributed by atoms with Gasteiger partial charge in [-0.25, -0.2) is 9.59 Å². The van der Waals surface area contributed by atoms with E-state index < -0.39 is 0 Å². The summed E-state index contributed by atoms with van der Waals surface area (Å²) in [6, 6.07) is 36.4. The second kappa shape index (κ2) is 14.4. The number of hydrogen-bond acceptors (Lipinski definition) is 4. The Morgan fingerprint density at radius 2 is 0.841 bits per heavy atom. The van der Waals surface area contributed by atoms with E-state index in [4.69, 9.17) is 0 Å². The lowest BCUT2D eigenvalue weighted by Crippen LogP contribution is -2.20. The van der Waals surface area contributed by atoms with E-state index in [1.165, 1.54) is 11.1 Å². The fraction of sp³-hybridized carbons (Fsp3) is 0.167. The number of aryl methyl sites for hydroxylation is 2. The maximum atomic E-state index is 12.4. The van der Waals surface area contributed by atoms with Crippen LogP contribution in [0.25, 0.3) is 33.5 Å². The summed E-state index contributed by atoms with van der Waals surface area (Å²) in [4.78, 5) is 24.9. The smallest absolute Gasteiger partial charge is 0.295 e. The molecule has 0 fully saturated rings. The van der Waals surface area contributed by atoms with Crippen molar-refractivity contribution < 1.29 is 0 Å². The molecule has 6 nitrogen and oxygen atoms in total. The van der Waals surface area contributed by atoms with E-state index in [0.29, 0.717) is 0 Å². The number of imidazole rings is 2. The number of aromatic nitrogens is 4. The fourth-order valence-corrected chi connectivity index (χ4v) is 6.67. The van der Waals surface area contributed by atoms with Crippen molar-refractivity contribution in [1.29, 1.82) is 0 Å². The van der Waals surface area contributed by atoms with Gasteiger partial charge in [0.1, 0.15) is 0 Å². The predicted octanol–water partition coefficient (Wildman–Crippen LogP) is 8.18. The first kappa shape index (κ1) is 31.0. The van der Waals surface area contributed by atoms with Crippen molar-refractivity contribution in [2.45, 2.75) is 25.4 Å². The minimum absolute atomic E-state index is 0.00439. The minimum atomic E-state index is -0.00439. The minimum Gasteiger partial charge on any atom is -0.295 e. The molecule has 6 aromatic rings. The number of thioether (sulfide) groups is 2. The SMILES string of the molecule is CC(=CSCc1ccccc1)n1c(=O)n(C)c2ccccc21.CC(=CSCc1ccccc1)n1c(=O)n(C)c2ccccc21.